The molecule has 1 aromatic rings. The molecular weight excluding hydrogens is 338 g/mol. The number of nitrogens with two attached hydrogens (primary N) is 1. The first-order valence-electron chi connectivity index (χ1n) is 8.82. The molecule has 3 atom stereocenters. The molecule has 3 aliphatic rings. The Morgan fingerprint density at radius 2 is 1.84 bits per heavy atom. The summed E-state index contributed by atoms with van der Waals surface area (Å²) >= 11 is 0. The minimum atomic E-state index is -0.600. The molecule has 0 bridgehead atoms. The molecule has 0 unspecified atom stereocenters. The zero-order valence-electron chi connectivity index (χ0n) is 14.8. The Morgan fingerprint density at radius 1 is 1.16 bits per heavy atom. The molecule has 2 saturated heterocycles. The molecule has 4 rings (SSSR count). The van der Waals surface area contributed by atoms with Gasteiger partial charge in [-0.25, -0.2) is 0 Å². The van der Waals surface area contributed by atoms with Crippen molar-refractivity contribution >= 4 is 24.2 Å². The van der Waals surface area contributed by atoms with Crippen LogP contribution in [0.5, 0.6) is 0 Å². The Balaban J connectivity index is 0.00000182. The van der Waals surface area contributed by atoms with Crippen molar-refractivity contribution < 1.29 is 9.59 Å². The number of aryl methyl sites for hydroxylation is 1. The summed E-state index contributed by atoms with van der Waals surface area (Å²) in [7, 11) is 0. The molecule has 6 heteroatoms. The van der Waals surface area contributed by atoms with Crippen LogP contribution in [0.25, 0.3) is 0 Å². The lowest BCUT2D eigenvalue weighted by atomic mass is 9.87. The molecule has 2 aliphatic heterocycles. The number of carbonyl (C=O) groups excluding carboxylic acids is 2. The summed E-state index contributed by atoms with van der Waals surface area (Å²) < 4.78 is 0. The van der Waals surface area contributed by atoms with E-state index < -0.39 is 5.54 Å². The summed E-state index contributed by atoms with van der Waals surface area (Å²) in [5, 5.41) is 0. The fourth-order valence-electron chi connectivity index (χ4n) is 4.52. The highest BCUT2D eigenvalue weighted by Gasteiger charge is 2.54. The van der Waals surface area contributed by atoms with Gasteiger partial charge >= 0.3 is 0 Å². The largest absolute Gasteiger partial charge is 0.340 e. The van der Waals surface area contributed by atoms with Gasteiger partial charge in [0.1, 0.15) is 0 Å². The second-order valence-electron chi connectivity index (χ2n) is 7.76. The highest BCUT2D eigenvalue weighted by Crippen LogP contribution is 2.47. The van der Waals surface area contributed by atoms with E-state index in [0.717, 1.165) is 25.9 Å². The molecule has 2 amide bonds. The number of hydrogen-bond acceptors (Lipinski definition) is 3. The van der Waals surface area contributed by atoms with E-state index in [1.165, 1.54) is 11.1 Å². The molecule has 0 radical (unpaired) electrons. The Kier molecular flexibility index (Phi) is 4.58. The molecule has 136 valence electrons. The number of amides is 2. The lowest BCUT2D eigenvalue weighted by molar-refractivity contribution is -0.133. The standard InChI is InChI=1S/C19H25N3O2.ClH/c1-12-5-3-4-6-15(12)17-16-11-21(18(24)19(20)7-8-19)9-14(16)10-22(17)13(2)23;/h3-6,14,16-17H,7-11,20H2,1-2H3;1H/t14-,16-,17+;/m1./s1. The van der Waals surface area contributed by atoms with E-state index in [0.29, 0.717) is 18.4 Å². The summed E-state index contributed by atoms with van der Waals surface area (Å²) in [6.07, 6.45) is 1.61. The molecule has 0 aromatic heterocycles. The van der Waals surface area contributed by atoms with Crippen LogP contribution in [0.3, 0.4) is 0 Å². The predicted octanol–water partition coefficient (Wildman–Crippen LogP) is 1.89. The number of hydrogen-bond donors (Lipinski definition) is 1. The molecular formula is C19H26ClN3O2. The number of carbonyl (C=O) groups is 2. The third-order valence-electron chi connectivity index (χ3n) is 6.08. The maximum absolute atomic E-state index is 12.6. The Bertz CT molecular complexity index is 704. The lowest BCUT2D eigenvalue weighted by Gasteiger charge is -2.30. The van der Waals surface area contributed by atoms with Gasteiger partial charge in [0.2, 0.25) is 11.8 Å². The normalized spacial score (nSPS) is 29.2. The van der Waals surface area contributed by atoms with Gasteiger partial charge in [-0.1, -0.05) is 24.3 Å². The zero-order chi connectivity index (χ0) is 17.1. The molecule has 25 heavy (non-hydrogen) atoms. The molecule has 1 saturated carbocycles. The summed E-state index contributed by atoms with van der Waals surface area (Å²) in [5.74, 6) is 0.883. The maximum atomic E-state index is 12.6. The van der Waals surface area contributed by atoms with Crippen LogP contribution in [0, 0.1) is 18.8 Å². The average Bonchev–Trinajstić information content (AvgIpc) is 3.02. The van der Waals surface area contributed by atoms with Gasteiger partial charge in [0, 0.05) is 38.4 Å². The molecule has 1 aliphatic carbocycles. The van der Waals surface area contributed by atoms with Gasteiger partial charge < -0.3 is 15.5 Å². The van der Waals surface area contributed by atoms with Crippen molar-refractivity contribution in [3.63, 3.8) is 0 Å². The van der Waals surface area contributed by atoms with Crippen molar-refractivity contribution in [3.05, 3.63) is 35.4 Å². The van der Waals surface area contributed by atoms with E-state index in [1.54, 1.807) is 6.92 Å². The summed E-state index contributed by atoms with van der Waals surface area (Å²) in [6.45, 7) is 5.92. The monoisotopic (exact) mass is 363 g/mol. The third-order valence-corrected chi connectivity index (χ3v) is 6.08. The number of halogens is 1. The highest BCUT2D eigenvalue weighted by molar-refractivity contribution is 5.89. The van der Waals surface area contributed by atoms with Crippen molar-refractivity contribution in [2.75, 3.05) is 19.6 Å². The molecule has 2 N–H and O–H groups in total. The van der Waals surface area contributed by atoms with Gasteiger partial charge in [0.25, 0.3) is 0 Å². The van der Waals surface area contributed by atoms with Gasteiger partial charge in [-0.05, 0) is 30.9 Å². The third kappa shape index (κ3) is 2.93. The Morgan fingerprint density at radius 3 is 2.44 bits per heavy atom. The van der Waals surface area contributed by atoms with Crippen LogP contribution in [0.1, 0.15) is 36.9 Å². The van der Waals surface area contributed by atoms with Crippen molar-refractivity contribution in [2.45, 2.75) is 38.3 Å². The lowest BCUT2D eigenvalue weighted by Crippen LogP contribution is -2.46. The molecule has 3 fully saturated rings. The van der Waals surface area contributed by atoms with E-state index in [4.69, 9.17) is 5.73 Å². The Hall–Kier alpha value is -1.59. The van der Waals surface area contributed by atoms with Crippen LogP contribution >= 0.6 is 12.4 Å². The van der Waals surface area contributed by atoms with E-state index in [2.05, 4.69) is 19.1 Å². The van der Waals surface area contributed by atoms with Crippen molar-refractivity contribution in [2.24, 2.45) is 17.6 Å². The zero-order valence-corrected chi connectivity index (χ0v) is 15.6. The quantitative estimate of drug-likeness (QED) is 0.872. The fourth-order valence-corrected chi connectivity index (χ4v) is 4.52. The van der Waals surface area contributed by atoms with Gasteiger partial charge in [0.05, 0.1) is 11.6 Å². The molecule has 2 heterocycles. The summed E-state index contributed by atoms with van der Waals surface area (Å²) in [4.78, 5) is 28.7. The van der Waals surface area contributed by atoms with Crippen molar-refractivity contribution in [3.8, 4) is 0 Å². The van der Waals surface area contributed by atoms with Gasteiger partial charge in [-0.15, -0.1) is 12.4 Å². The Labute approximate surface area is 154 Å². The second-order valence-corrected chi connectivity index (χ2v) is 7.76. The smallest absolute Gasteiger partial charge is 0.242 e. The van der Waals surface area contributed by atoms with Gasteiger partial charge in [-0.2, -0.15) is 0 Å². The average molecular weight is 364 g/mol. The minimum Gasteiger partial charge on any atom is -0.340 e. The van der Waals surface area contributed by atoms with E-state index in [-0.39, 0.29) is 30.3 Å². The van der Waals surface area contributed by atoms with Crippen LogP contribution in [-0.4, -0.2) is 46.8 Å². The summed E-state index contributed by atoms with van der Waals surface area (Å²) in [5.41, 5.74) is 7.93. The van der Waals surface area contributed by atoms with Crippen molar-refractivity contribution in [1.82, 2.24) is 9.80 Å². The first-order valence-corrected chi connectivity index (χ1v) is 8.82. The van der Waals surface area contributed by atoms with Gasteiger partial charge in [-0.3, -0.25) is 9.59 Å². The first-order chi connectivity index (χ1) is 11.4. The van der Waals surface area contributed by atoms with Crippen LogP contribution in [0.2, 0.25) is 0 Å². The van der Waals surface area contributed by atoms with Gasteiger partial charge in [0.15, 0.2) is 0 Å². The second kappa shape index (κ2) is 6.29. The van der Waals surface area contributed by atoms with Crippen LogP contribution in [0.4, 0.5) is 0 Å². The van der Waals surface area contributed by atoms with E-state index in [1.807, 2.05) is 21.9 Å². The van der Waals surface area contributed by atoms with Crippen LogP contribution in [-0.2, 0) is 9.59 Å². The topological polar surface area (TPSA) is 66.6 Å². The van der Waals surface area contributed by atoms with E-state index >= 15 is 0 Å². The molecule has 0 spiro atoms. The molecule has 5 nitrogen and oxygen atoms in total. The van der Waals surface area contributed by atoms with Crippen molar-refractivity contribution in [1.29, 1.82) is 0 Å². The number of nitrogens with zero attached hydrogens (tertiary/aromatic N) is 2. The van der Waals surface area contributed by atoms with E-state index in [9.17, 15) is 9.59 Å². The SMILES string of the molecule is CC(=O)N1C[C@H]2CN(C(=O)C3(N)CC3)C[C@H]2[C@@H]1c1ccccc1C.Cl. The van der Waals surface area contributed by atoms with Crippen LogP contribution < -0.4 is 5.73 Å². The first kappa shape index (κ1) is 18.2. The number of benzene rings is 1. The van der Waals surface area contributed by atoms with Crippen LogP contribution in [0.15, 0.2) is 24.3 Å². The maximum Gasteiger partial charge on any atom is 0.242 e. The fraction of sp³-hybridized carbons (Fsp3) is 0.579. The number of fused-ring (bicyclic) bond motifs is 1. The summed E-state index contributed by atoms with van der Waals surface area (Å²) in [6, 6.07) is 8.34. The minimum absolute atomic E-state index is 0. The number of rotatable bonds is 2. The number of likely N-dealkylation sites (tertiary alicyclic amines) is 2. The molecule has 1 aromatic carbocycles. The predicted molar refractivity (Wildman–Crippen MR) is 98.3 cm³/mol. The highest BCUT2D eigenvalue weighted by atomic mass is 35.5.